The molecule has 5 aliphatic rings. The molecule has 1 aromatic heterocycles. The first kappa shape index (κ1) is 48.4. The number of nitrogens with zero attached hydrogens (tertiary/aromatic N) is 2. The summed E-state index contributed by atoms with van der Waals surface area (Å²) in [7, 11) is 0. The highest BCUT2D eigenvalue weighted by Gasteiger charge is 2.50. The summed E-state index contributed by atoms with van der Waals surface area (Å²) in [5, 5.41) is 1.21. The highest BCUT2D eigenvalue weighted by molar-refractivity contribution is 7.00. The third-order valence-corrected chi connectivity index (χ3v) is 19.9. The van der Waals surface area contributed by atoms with Crippen molar-refractivity contribution < 1.29 is 4.42 Å². The summed E-state index contributed by atoms with van der Waals surface area (Å²) in [6, 6.07) is 48.1. The van der Waals surface area contributed by atoms with Crippen LogP contribution in [0.4, 0.5) is 34.1 Å². The molecule has 0 saturated heterocycles. The van der Waals surface area contributed by atoms with Gasteiger partial charge in [-0.1, -0.05) is 150 Å². The van der Waals surface area contributed by atoms with E-state index in [1.165, 1.54) is 129 Å². The number of anilines is 6. The maximum absolute atomic E-state index is 7.74. The van der Waals surface area contributed by atoms with Gasteiger partial charge in [-0.15, -0.1) is 0 Å². The molecule has 0 N–H and O–H groups in total. The second-order valence-electron chi connectivity index (χ2n) is 27.9. The van der Waals surface area contributed by atoms with Crippen molar-refractivity contribution in [2.24, 2.45) is 0 Å². The Morgan fingerprint density at radius 2 is 0.960 bits per heavy atom. The van der Waals surface area contributed by atoms with Crippen LogP contribution in [0.1, 0.15) is 172 Å². The molecular weight excluding hydrogens is 908 g/mol. The van der Waals surface area contributed by atoms with Crippen LogP contribution in [0.5, 0.6) is 0 Å². The van der Waals surface area contributed by atoms with E-state index in [4.69, 9.17) is 4.42 Å². The van der Waals surface area contributed by atoms with Gasteiger partial charge < -0.3 is 14.2 Å². The molecule has 3 nitrogen and oxygen atoms in total. The highest BCUT2D eigenvalue weighted by atomic mass is 16.3. The van der Waals surface area contributed by atoms with Crippen LogP contribution in [0.15, 0.2) is 126 Å². The fourth-order valence-corrected chi connectivity index (χ4v) is 15.0. The van der Waals surface area contributed by atoms with Crippen molar-refractivity contribution in [3.8, 4) is 22.3 Å². The third-order valence-electron chi connectivity index (χ3n) is 19.9. The molecule has 4 heteroatoms. The van der Waals surface area contributed by atoms with E-state index in [2.05, 4.69) is 235 Å². The minimum Gasteiger partial charge on any atom is -0.468 e. The molecule has 3 heterocycles. The summed E-state index contributed by atoms with van der Waals surface area (Å²) < 4.78 is 7.74. The number of hydrogen-bond donors (Lipinski definition) is 0. The van der Waals surface area contributed by atoms with E-state index in [0.717, 1.165) is 43.3 Å². The van der Waals surface area contributed by atoms with E-state index in [0.29, 0.717) is 0 Å². The molecule has 0 radical (unpaired) electrons. The van der Waals surface area contributed by atoms with E-state index in [9.17, 15) is 0 Å². The molecular formula is C71H77BN2O. The van der Waals surface area contributed by atoms with Crippen LogP contribution >= 0.6 is 0 Å². The number of furan rings is 1. The van der Waals surface area contributed by atoms with E-state index < -0.39 is 0 Å². The minimum absolute atomic E-state index is 0.000814. The first-order valence-electron chi connectivity index (χ1n) is 28.3. The maximum Gasteiger partial charge on any atom is 0.297 e. The molecule has 2 aliphatic heterocycles. The number of hydrogen-bond acceptors (Lipinski definition) is 3. The van der Waals surface area contributed by atoms with Crippen LogP contribution in [0.3, 0.4) is 0 Å². The molecule has 0 saturated carbocycles. The Kier molecular flexibility index (Phi) is 10.3. The van der Waals surface area contributed by atoms with Gasteiger partial charge in [0.2, 0.25) is 0 Å². The quantitative estimate of drug-likeness (QED) is 0.164. The SMILES string of the molecule is Cc1cc2c3c(c1)N(c1ccc4c(c1)C(C)(C)CCC4(C)C)c1c(oc4cc5c(cc14)C(C)(C)CCC5(C)C)B3c1ccc(-c3c(C)cccc3C)cc1N2c1cc2c(cc1-c1ccccc1)C(C)(C)CCC2(C)C. The molecule has 0 fully saturated rings. The van der Waals surface area contributed by atoms with E-state index >= 15 is 0 Å². The Labute approximate surface area is 448 Å². The lowest BCUT2D eigenvalue weighted by atomic mass is 9.35. The van der Waals surface area contributed by atoms with Crippen LogP contribution in [0.2, 0.25) is 0 Å². The highest BCUT2D eigenvalue weighted by Crippen LogP contribution is 2.56. The smallest absolute Gasteiger partial charge is 0.297 e. The largest absolute Gasteiger partial charge is 0.468 e. The molecule has 0 atom stereocenters. The first-order valence-corrected chi connectivity index (χ1v) is 28.3. The van der Waals surface area contributed by atoms with Gasteiger partial charge in [0, 0.05) is 33.7 Å². The van der Waals surface area contributed by atoms with Gasteiger partial charge in [-0.05, 0) is 224 Å². The van der Waals surface area contributed by atoms with Crippen molar-refractivity contribution in [1.29, 1.82) is 0 Å². The van der Waals surface area contributed by atoms with Gasteiger partial charge in [-0.25, -0.2) is 0 Å². The zero-order chi connectivity index (χ0) is 52.7. The topological polar surface area (TPSA) is 19.6 Å². The summed E-state index contributed by atoms with van der Waals surface area (Å²) in [4.78, 5) is 5.35. The predicted octanol–water partition coefficient (Wildman–Crippen LogP) is 17.8. The van der Waals surface area contributed by atoms with E-state index in [1.54, 1.807) is 0 Å². The number of rotatable bonds is 4. The van der Waals surface area contributed by atoms with Gasteiger partial charge in [0.25, 0.3) is 6.71 Å². The van der Waals surface area contributed by atoms with Crippen LogP contribution in [0, 0.1) is 20.8 Å². The zero-order valence-electron chi connectivity index (χ0n) is 47.7. The molecule has 3 aliphatic carbocycles. The predicted molar refractivity (Wildman–Crippen MR) is 321 cm³/mol. The molecule has 7 aromatic carbocycles. The Morgan fingerprint density at radius 3 is 1.57 bits per heavy atom. The fourth-order valence-electron chi connectivity index (χ4n) is 15.0. The Balaban J connectivity index is 1.17. The van der Waals surface area contributed by atoms with Crippen LogP contribution in [-0.4, -0.2) is 6.71 Å². The normalized spacial score (nSPS) is 19.6. The number of aryl methyl sites for hydroxylation is 3. The molecule has 13 rings (SSSR count). The van der Waals surface area contributed by atoms with Gasteiger partial charge >= 0.3 is 0 Å². The van der Waals surface area contributed by atoms with Crippen molar-refractivity contribution in [3.05, 3.63) is 171 Å². The number of benzene rings is 7. The summed E-state index contributed by atoms with van der Waals surface area (Å²) in [6.07, 6.45) is 6.94. The molecule has 380 valence electrons. The summed E-state index contributed by atoms with van der Waals surface area (Å²) in [6.45, 7) is 36.2. The summed E-state index contributed by atoms with van der Waals surface area (Å²) in [5.41, 5.74) is 29.8. The lowest BCUT2D eigenvalue weighted by Gasteiger charge is -2.46. The van der Waals surface area contributed by atoms with Crippen molar-refractivity contribution in [2.45, 2.75) is 175 Å². The van der Waals surface area contributed by atoms with E-state index in [-0.39, 0.29) is 39.2 Å². The van der Waals surface area contributed by atoms with Gasteiger partial charge in [-0.3, -0.25) is 0 Å². The van der Waals surface area contributed by atoms with Gasteiger partial charge in [-0.2, -0.15) is 0 Å². The maximum atomic E-state index is 7.74. The Bertz CT molecular complexity index is 3710. The zero-order valence-corrected chi connectivity index (χ0v) is 47.7. The molecule has 0 unspecified atom stereocenters. The molecule has 0 amide bonds. The van der Waals surface area contributed by atoms with Gasteiger partial charge in [0.15, 0.2) is 0 Å². The van der Waals surface area contributed by atoms with Crippen molar-refractivity contribution in [3.63, 3.8) is 0 Å². The van der Waals surface area contributed by atoms with Crippen molar-refractivity contribution in [1.82, 2.24) is 0 Å². The Hall–Kier alpha value is -6.26. The van der Waals surface area contributed by atoms with Crippen LogP contribution in [-0.2, 0) is 32.5 Å². The summed E-state index contributed by atoms with van der Waals surface area (Å²) >= 11 is 0. The standard InChI is InChI=1S/C71H77BN2O/c1-42-34-59-63-60(35-42)74(57-40-54-52(68(8,9)30-32-70(54,12)13)38-48(57)45-22-17-16-18-23-45)58-36-46(62-43(2)20-19-21-44(62)3)24-27-56(58)72(63)65-64(49-39-53-55(41-61(49)75-65)71(14,15)33-31-69(53,10)11)73(59)47-25-26-50-51(37-47)67(6,7)29-28-66(50,4)5/h16-27,34-41H,28-33H2,1-15H3. The van der Waals surface area contributed by atoms with E-state index in [1.807, 2.05) is 0 Å². The average molecular weight is 985 g/mol. The second-order valence-corrected chi connectivity index (χ2v) is 27.9. The van der Waals surface area contributed by atoms with Crippen LogP contribution in [0.25, 0.3) is 33.2 Å². The third kappa shape index (κ3) is 7.12. The van der Waals surface area contributed by atoms with Gasteiger partial charge in [0.05, 0.1) is 17.0 Å². The van der Waals surface area contributed by atoms with Crippen LogP contribution < -0.4 is 26.4 Å². The molecule has 75 heavy (non-hydrogen) atoms. The first-order chi connectivity index (χ1) is 35.4. The Morgan fingerprint density at radius 1 is 0.427 bits per heavy atom. The molecule has 0 bridgehead atoms. The molecule has 8 aromatic rings. The second kappa shape index (κ2) is 15.9. The average Bonchev–Trinajstić information content (AvgIpc) is 3.75. The fraction of sp³-hybridized carbons (Fsp3) is 0.380. The summed E-state index contributed by atoms with van der Waals surface area (Å²) in [5.74, 6) is 0. The lowest BCUT2D eigenvalue weighted by molar-refractivity contribution is 0.332. The number of fused-ring (bicyclic) bond motifs is 9. The minimum atomic E-state index is -0.160. The lowest BCUT2D eigenvalue weighted by Crippen LogP contribution is -2.61. The van der Waals surface area contributed by atoms with Crippen molar-refractivity contribution >= 4 is 68.4 Å². The molecule has 0 spiro atoms. The monoisotopic (exact) mass is 985 g/mol. The van der Waals surface area contributed by atoms with Gasteiger partial charge in [0.1, 0.15) is 5.58 Å². The van der Waals surface area contributed by atoms with Crippen molar-refractivity contribution in [2.75, 3.05) is 9.80 Å².